The van der Waals surface area contributed by atoms with Gasteiger partial charge in [-0.25, -0.2) is 4.39 Å². The first kappa shape index (κ1) is 14.3. The summed E-state index contributed by atoms with van der Waals surface area (Å²) in [7, 11) is 0. The molecule has 0 spiro atoms. The molecule has 1 nitrogen and oxygen atoms in total. The lowest BCUT2D eigenvalue weighted by Crippen LogP contribution is -2.23. The van der Waals surface area contributed by atoms with Gasteiger partial charge in [-0.2, -0.15) is 0 Å². The summed E-state index contributed by atoms with van der Waals surface area (Å²) in [6, 6.07) is 14.1. The van der Waals surface area contributed by atoms with Gasteiger partial charge in [-0.3, -0.25) is 4.90 Å². The normalized spacial score (nSPS) is 19.1. The van der Waals surface area contributed by atoms with Crippen LogP contribution in [0.15, 0.2) is 42.5 Å². The van der Waals surface area contributed by atoms with E-state index in [0.717, 1.165) is 25.1 Å². The van der Waals surface area contributed by atoms with E-state index in [2.05, 4.69) is 43.0 Å². The minimum Gasteiger partial charge on any atom is -0.292 e. The van der Waals surface area contributed by atoms with Crippen molar-refractivity contribution in [3.05, 3.63) is 70.5 Å². The van der Waals surface area contributed by atoms with Gasteiger partial charge in [0.25, 0.3) is 0 Å². The monoisotopic (exact) mass is 283 g/mol. The highest BCUT2D eigenvalue weighted by atomic mass is 19.1. The second-order valence-electron chi connectivity index (χ2n) is 6.11. The molecule has 0 saturated carbocycles. The fraction of sp³-hybridized carbons (Fsp3) is 0.368. The lowest BCUT2D eigenvalue weighted by atomic mass is 10.0. The van der Waals surface area contributed by atoms with Crippen LogP contribution in [0.25, 0.3) is 0 Å². The van der Waals surface area contributed by atoms with Gasteiger partial charge in [-0.15, -0.1) is 0 Å². The minimum absolute atomic E-state index is 0.133. The van der Waals surface area contributed by atoms with Gasteiger partial charge in [-0.1, -0.05) is 35.9 Å². The Bertz CT molecular complexity index is 635. The summed E-state index contributed by atoms with van der Waals surface area (Å²) in [5, 5.41) is 0. The van der Waals surface area contributed by atoms with E-state index in [1.165, 1.54) is 29.2 Å². The van der Waals surface area contributed by atoms with Crippen molar-refractivity contribution in [1.29, 1.82) is 0 Å². The minimum atomic E-state index is -0.133. The lowest BCUT2D eigenvalue weighted by molar-refractivity contribution is 0.247. The van der Waals surface area contributed by atoms with Crippen molar-refractivity contribution in [3.63, 3.8) is 0 Å². The average Bonchev–Trinajstić information content (AvgIpc) is 2.91. The molecule has 1 aliphatic heterocycles. The molecule has 1 unspecified atom stereocenters. The Hall–Kier alpha value is -1.67. The maximum Gasteiger partial charge on any atom is 0.123 e. The van der Waals surface area contributed by atoms with E-state index in [0.29, 0.717) is 6.04 Å². The summed E-state index contributed by atoms with van der Waals surface area (Å²) in [5.41, 5.74) is 5.14. The Morgan fingerprint density at radius 3 is 2.81 bits per heavy atom. The predicted molar refractivity (Wildman–Crippen MR) is 84.7 cm³/mol. The molecule has 0 aromatic heterocycles. The summed E-state index contributed by atoms with van der Waals surface area (Å²) >= 11 is 0. The van der Waals surface area contributed by atoms with Crippen molar-refractivity contribution in [2.45, 2.75) is 39.3 Å². The van der Waals surface area contributed by atoms with Crippen LogP contribution in [0.1, 0.15) is 41.1 Å². The molecule has 0 radical (unpaired) electrons. The molecule has 2 aromatic carbocycles. The van der Waals surface area contributed by atoms with Crippen molar-refractivity contribution in [2.24, 2.45) is 0 Å². The third-order valence-electron chi connectivity index (χ3n) is 4.48. The molecule has 1 fully saturated rings. The van der Waals surface area contributed by atoms with E-state index < -0.39 is 0 Å². The maximum absolute atomic E-state index is 13.5. The molecule has 1 aliphatic rings. The summed E-state index contributed by atoms with van der Waals surface area (Å²) in [4.78, 5) is 2.48. The van der Waals surface area contributed by atoms with Crippen molar-refractivity contribution < 1.29 is 4.39 Å². The highest BCUT2D eigenvalue weighted by Crippen LogP contribution is 2.33. The molecule has 3 rings (SSSR count). The van der Waals surface area contributed by atoms with Gasteiger partial charge in [-0.05, 0) is 62.1 Å². The molecule has 1 heterocycles. The van der Waals surface area contributed by atoms with Gasteiger partial charge in [0, 0.05) is 12.6 Å². The van der Waals surface area contributed by atoms with E-state index >= 15 is 0 Å². The second kappa shape index (κ2) is 5.98. The Kier molecular flexibility index (Phi) is 4.07. The van der Waals surface area contributed by atoms with Gasteiger partial charge in [0.15, 0.2) is 0 Å². The van der Waals surface area contributed by atoms with Gasteiger partial charge < -0.3 is 0 Å². The fourth-order valence-electron chi connectivity index (χ4n) is 3.30. The summed E-state index contributed by atoms with van der Waals surface area (Å²) in [6.45, 7) is 6.35. The summed E-state index contributed by atoms with van der Waals surface area (Å²) < 4.78 is 13.5. The molecule has 0 N–H and O–H groups in total. The number of aryl methyl sites for hydroxylation is 2. The molecule has 110 valence electrons. The van der Waals surface area contributed by atoms with Crippen LogP contribution >= 0.6 is 0 Å². The van der Waals surface area contributed by atoms with E-state index in [-0.39, 0.29) is 5.82 Å². The number of halogens is 1. The topological polar surface area (TPSA) is 3.24 Å². The van der Waals surface area contributed by atoms with E-state index in [1.807, 2.05) is 6.07 Å². The van der Waals surface area contributed by atoms with E-state index in [1.54, 1.807) is 6.07 Å². The quantitative estimate of drug-likeness (QED) is 0.783. The average molecular weight is 283 g/mol. The Labute approximate surface area is 126 Å². The third-order valence-corrected chi connectivity index (χ3v) is 4.48. The first-order chi connectivity index (χ1) is 10.1. The fourth-order valence-corrected chi connectivity index (χ4v) is 3.30. The standard InChI is InChI=1S/C19H22FN/c1-14-8-9-15(2)17(11-14)13-21-10-4-7-19(21)16-5-3-6-18(20)12-16/h3,5-6,8-9,11-12,19H,4,7,10,13H2,1-2H3. The second-order valence-corrected chi connectivity index (χ2v) is 6.11. The van der Waals surface area contributed by atoms with Crippen molar-refractivity contribution in [2.75, 3.05) is 6.54 Å². The zero-order valence-electron chi connectivity index (χ0n) is 12.8. The summed E-state index contributed by atoms with van der Waals surface area (Å²) in [6.07, 6.45) is 2.31. The molecule has 2 heteroatoms. The van der Waals surface area contributed by atoms with E-state index in [9.17, 15) is 4.39 Å². The number of hydrogen-bond donors (Lipinski definition) is 0. The highest BCUT2D eigenvalue weighted by Gasteiger charge is 2.26. The lowest BCUT2D eigenvalue weighted by Gasteiger charge is -2.26. The van der Waals surface area contributed by atoms with Crippen LogP contribution in [0.4, 0.5) is 4.39 Å². The van der Waals surface area contributed by atoms with Crippen molar-refractivity contribution in [3.8, 4) is 0 Å². The maximum atomic E-state index is 13.5. The Morgan fingerprint density at radius 1 is 1.14 bits per heavy atom. The molecule has 0 aliphatic carbocycles. The van der Waals surface area contributed by atoms with Crippen LogP contribution in [0.3, 0.4) is 0 Å². The molecule has 21 heavy (non-hydrogen) atoms. The van der Waals surface area contributed by atoms with Crippen LogP contribution in [0.5, 0.6) is 0 Å². The first-order valence-corrected chi connectivity index (χ1v) is 7.69. The molecule has 0 amide bonds. The van der Waals surface area contributed by atoms with Gasteiger partial charge in [0.05, 0.1) is 0 Å². The zero-order chi connectivity index (χ0) is 14.8. The number of nitrogens with zero attached hydrogens (tertiary/aromatic N) is 1. The Balaban J connectivity index is 1.83. The van der Waals surface area contributed by atoms with Gasteiger partial charge in [0.1, 0.15) is 5.82 Å². The first-order valence-electron chi connectivity index (χ1n) is 7.69. The number of benzene rings is 2. The van der Waals surface area contributed by atoms with E-state index in [4.69, 9.17) is 0 Å². The highest BCUT2D eigenvalue weighted by molar-refractivity contribution is 5.31. The van der Waals surface area contributed by atoms with Crippen molar-refractivity contribution in [1.82, 2.24) is 4.90 Å². The van der Waals surface area contributed by atoms with Gasteiger partial charge in [0.2, 0.25) is 0 Å². The zero-order valence-corrected chi connectivity index (χ0v) is 12.8. The Morgan fingerprint density at radius 2 is 2.00 bits per heavy atom. The predicted octanol–water partition coefficient (Wildman–Crippen LogP) is 4.78. The molecule has 2 aromatic rings. The number of hydrogen-bond acceptors (Lipinski definition) is 1. The third kappa shape index (κ3) is 3.16. The van der Waals surface area contributed by atoms with Crippen LogP contribution < -0.4 is 0 Å². The molecular weight excluding hydrogens is 261 g/mol. The van der Waals surface area contributed by atoms with Crippen molar-refractivity contribution >= 4 is 0 Å². The molecular formula is C19H22FN. The van der Waals surface area contributed by atoms with Gasteiger partial charge >= 0.3 is 0 Å². The smallest absolute Gasteiger partial charge is 0.123 e. The summed E-state index contributed by atoms with van der Waals surface area (Å²) in [5.74, 6) is -0.133. The molecule has 1 saturated heterocycles. The number of rotatable bonds is 3. The van der Waals surface area contributed by atoms with Crippen LogP contribution in [-0.2, 0) is 6.54 Å². The molecule has 0 bridgehead atoms. The largest absolute Gasteiger partial charge is 0.292 e. The van der Waals surface area contributed by atoms with Crippen LogP contribution in [0, 0.1) is 19.7 Å². The SMILES string of the molecule is Cc1ccc(C)c(CN2CCCC2c2cccc(F)c2)c1. The molecule has 1 atom stereocenters. The van der Waals surface area contributed by atoms with Crippen LogP contribution in [0.2, 0.25) is 0 Å². The van der Waals surface area contributed by atoms with Crippen LogP contribution in [-0.4, -0.2) is 11.4 Å². The number of likely N-dealkylation sites (tertiary alicyclic amines) is 1.